The highest BCUT2D eigenvalue weighted by Crippen LogP contribution is 2.24. The second-order valence-electron chi connectivity index (χ2n) is 4.42. The number of hydrogen-bond acceptors (Lipinski definition) is 3. The Morgan fingerprint density at radius 1 is 1.16 bits per heavy atom. The smallest absolute Gasteiger partial charge is 0.316 e. The molecule has 0 atom stereocenters. The molecule has 6 nitrogen and oxygen atoms in total. The molecule has 0 radical (unpaired) electrons. The number of hydrogen-bond donors (Lipinski definition) is 1. The molecule has 6 heteroatoms. The largest absolute Gasteiger partial charge is 0.329 e. The van der Waals surface area contributed by atoms with Gasteiger partial charge in [0.05, 0.1) is 0 Å². The second kappa shape index (κ2) is 3.94. The van der Waals surface area contributed by atoms with Crippen molar-refractivity contribution in [3.05, 3.63) is 40.8 Å². The number of aromatic nitrogens is 1. The van der Waals surface area contributed by atoms with E-state index in [4.69, 9.17) is 0 Å². The minimum atomic E-state index is -0.557. The number of fused-ring (bicyclic) bond motifs is 1. The van der Waals surface area contributed by atoms with E-state index >= 15 is 0 Å². The number of nitrogens with zero attached hydrogens (tertiary/aromatic N) is 2. The third-order valence-corrected chi connectivity index (χ3v) is 3.13. The third kappa shape index (κ3) is 1.69. The molecule has 3 amide bonds. The highest BCUT2D eigenvalue weighted by atomic mass is 16.2. The monoisotopic (exact) mass is 257 g/mol. The number of rotatable bonds is 1. The summed E-state index contributed by atoms with van der Waals surface area (Å²) in [5.41, 5.74) is -0.0625. The quantitative estimate of drug-likeness (QED) is 0.760. The zero-order chi connectivity index (χ0) is 13.6. The number of aryl methyl sites for hydroxylation is 1. The first-order valence-corrected chi connectivity index (χ1v) is 5.77. The van der Waals surface area contributed by atoms with Crippen molar-refractivity contribution in [2.45, 2.75) is 0 Å². The summed E-state index contributed by atoms with van der Waals surface area (Å²) in [7, 11) is 1.62. The number of urea groups is 1. The Balaban J connectivity index is 2.33. The molecule has 1 fully saturated rings. The molecule has 1 aromatic carbocycles. The molecule has 0 spiro atoms. The Labute approximate surface area is 108 Å². The highest BCUT2D eigenvalue weighted by molar-refractivity contribution is 6.15. The first-order valence-electron chi connectivity index (χ1n) is 5.77. The van der Waals surface area contributed by atoms with Crippen molar-refractivity contribution in [3.63, 3.8) is 0 Å². The Bertz CT molecular complexity index is 763. The van der Waals surface area contributed by atoms with Crippen LogP contribution in [0.5, 0.6) is 0 Å². The minimum Gasteiger partial charge on any atom is -0.316 e. The van der Waals surface area contributed by atoms with E-state index in [1.54, 1.807) is 25.4 Å². The number of carbonyl (C=O) groups excluding carboxylic acids is 2. The molecular weight excluding hydrogens is 246 g/mol. The first kappa shape index (κ1) is 11.5. The van der Waals surface area contributed by atoms with Crippen molar-refractivity contribution >= 4 is 28.4 Å². The molecule has 96 valence electrons. The molecule has 2 aromatic rings. The molecule has 1 saturated heterocycles. The number of carbonyl (C=O) groups is 2. The van der Waals surface area contributed by atoms with Gasteiger partial charge in [-0.1, -0.05) is 24.3 Å². The summed E-state index contributed by atoms with van der Waals surface area (Å²) in [5.74, 6) is -0.403. The minimum absolute atomic E-state index is 0.123. The van der Waals surface area contributed by atoms with Gasteiger partial charge in [0.1, 0.15) is 12.2 Å². The fraction of sp³-hybridized carbons (Fsp3) is 0.154. The number of imide groups is 1. The lowest BCUT2D eigenvalue weighted by molar-refractivity contribution is -0.117. The molecule has 2 heterocycles. The summed E-state index contributed by atoms with van der Waals surface area (Å²) in [5, 5.41) is 3.68. The van der Waals surface area contributed by atoms with Gasteiger partial charge in [0.25, 0.3) is 5.56 Å². The van der Waals surface area contributed by atoms with Crippen LogP contribution in [0.1, 0.15) is 0 Å². The van der Waals surface area contributed by atoms with Crippen molar-refractivity contribution in [2.75, 3.05) is 11.4 Å². The number of nitrogens with one attached hydrogen (secondary N) is 1. The van der Waals surface area contributed by atoms with Crippen molar-refractivity contribution in [1.82, 2.24) is 9.88 Å². The summed E-state index contributed by atoms with van der Waals surface area (Å²) in [6, 6.07) is 6.71. The van der Waals surface area contributed by atoms with Crippen molar-refractivity contribution < 1.29 is 9.59 Å². The van der Waals surface area contributed by atoms with E-state index in [-0.39, 0.29) is 17.8 Å². The standard InChI is InChI=1S/C13H11N3O3/c1-15-6-8-4-2-3-5-9(8)11(12(15)18)16-7-10(17)14-13(16)19/h2-6H,7H2,1H3,(H,14,17,19). The van der Waals surface area contributed by atoms with Crippen molar-refractivity contribution in [1.29, 1.82) is 0 Å². The molecule has 1 aliphatic heterocycles. The SMILES string of the molecule is Cn1cc2ccccc2c(N2CC(=O)NC2=O)c1=O. The zero-order valence-electron chi connectivity index (χ0n) is 10.2. The zero-order valence-corrected chi connectivity index (χ0v) is 10.2. The average molecular weight is 257 g/mol. The molecule has 1 N–H and O–H groups in total. The molecule has 0 bridgehead atoms. The Morgan fingerprint density at radius 3 is 2.58 bits per heavy atom. The predicted octanol–water partition coefficient (Wildman–Crippen LogP) is 0.595. The van der Waals surface area contributed by atoms with Crippen LogP contribution in [0.4, 0.5) is 10.5 Å². The maximum Gasteiger partial charge on any atom is 0.329 e. The van der Waals surface area contributed by atoms with Crippen LogP contribution in [0.25, 0.3) is 10.8 Å². The maximum absolute atomic E-state index is 12.3. The Morgan fingerprint density at radius 2 is 1.89 bits per heavy atom. The van der Waals surface area contributed by atoms with Gasteiger partial charge < -0.3 is 4.57 Å². The fourth-order valence-electron chi connectivity index (χ4n) is 2.26. The van der Waals surface area contributed by atoms with Gasteiger partial charge in [-0.2, -0.15) is 0 Å². The van der Waals surface area contributed by atoms with Gasteiger partial charge in [0.15, 0.2) is 0 Å². The van der Waals surface area contributed by atoms with E-state index < -0.39 is 11.9 Å². The highest BCUT2D eigenvalue weighted by Gasteiger charge is 2.31. The van der Waals surface area contributed by atoms with Gasteiger partial charge in [0, 0.05) is 24.0 Å². The molecule has 1 aliphatic rings. The average Bonchev–Trinajstić information content (AvgIpc) is 2.70. The van der Waals surface area contributed by atoms with Crippen molar-refractivity contribution in [2.24, 2.45) is 7.05 Å². The van der Waals surface area contributed by atoms with Gasteiger partial charge in [-0.25, -0.2) is 4.79 Å². The molecule has 3 rings (SSSR count). The first-order chi connectivity index (χ1) is 9.08. The van der Waals surface area contributed by atoms with E-state index in [1.165, 1.54) is 9.47 Å². The van der Waals surface area contributed by atoms with Crippen LogP contribution in [0.15, 0.2) is 35.3 Å². The van der Waals surface area contributed by atoms with Crippen LogP contribution in [-0.2, 0) is 11.8 Å². The van der Waals surface area contributed by atoms with Gasteiger partial charge in [-0.05, 0) is 0 Å². The molecule has 0 aliphatic carbocycles. The van der Waals surface area contributed by atoms with E-state index in [0.29, 0.717) is 5.39 Å². The Hall–Kier alpha value is -2.63. The summed E-state index contributed by atoms with van der Waals surface area (Å²) < 4.78 is 1.41. The topological polar surface area (TPSA) is 71.4 Å². The third-order valence-electron chi connectivity index (χ3n) is 3.13. The normalized spacial score (nSPS) is 15.1. The van der Waals surface area contributed by atoms with Crippen molar-refractivity contribution in [3.8, 4) is 0 Å². The lowest BCUT2D eigenvalue weighted by Gasteiger charge is -2.16. The molecule has 0 saturated carbocycles. The molecule has 19 heavy (non-hydrogen) atoms. The van der Waals surface area contributed by atoms with E-state index in [0.717, 1.165) is 5.39 Å². The maximum atomic E-state index is 12.3. The predicted molar refractivity (Wildman–Crippen MR) is 70.1 cm³/mol. The van der Waals surface area contributed by atoms with E-state index in [2.05, 4.69) is 5.32 Å². The van der Waals surface area contributed by atoms with Gasteiger partial charge in [-0.3, -0.25) is 19.8 Å². The Kier molecular flexibility index (Phi) is 2.38. The summed E-state index contributed by atoms with van der Waals surface area (Å²) >= 11 is 0. The van der Waals surface area contributed by atoms with Crippen LogP contribution in [0.2, 0.25) is 0 Å². The second-order valence-corrected chi connectivity index (χ2v) is 4.42. The number of benzene rings is 1. The van der Waals surface area contributed by atoms with Crippen LogP contribution < -0.4 is 15.8 Å². The summed E-state index contributed by atoms with van der Waals surface area (Å²) in [6.45, 7) is -0.123. The van der Waals surface area contributed by atoms with Crippen LogP contribution >= 0.6 is 0 Å². The fourth-order valence-corrected chi connectivity index (χ4v) is 2.26. The number of anilines is 1. The van der Waals surface area contributed by atoms with Crippen LogP contribution in [-0.4, -0.2) is 23.1 Å². The van der Waals surface area contributed by atoms with Crippen LogP contribution in [0, 0.1) is 0 Å². The lowest BCUT2D eigenvalue weighted by Crippen LogP contribution is -2.34. The van der Waals surface area contributed by atoms with E-state index in [9.17, 15) is 14.4 Å². The molecule has 0 unspecified atom stereocenters. The molecule has 1 aromatic heterocycles. The number of amides is 3. The summed E-state index contributed by atoms with van der Waals surface area (Å²) in [4.78, 5) is 36.5. The van der Waals surface area contributed by atoms with Crippen LogP contribution in [0.3, 0.4) is 0 Å². The molecular formula is C13H11N3O3. The lowest BCUT2D eigenvalue weighted by atomic mass is 10.1. The summed E-state index contributed by atoms with van der Waals surface area (Å²) in [6.07, 6.45) is 1.71. The van der Waals surface area contributed by atoms with Gasteiger partial charge in [-0.15, -0.1) is 0 Å². The van der Waals surface area contributed by atoms with E-state index in [1.807, 2.05) is 12.1 Å². The number of pyridine rings is 1. The van der Waals surface area contributed by atoms with Gasteiger partial charge in [0.2, 0.25) is 5.91 Å². The van der Waals surface area contributed by atoms with Gasteiger partial charge >= 0.3 is 6.03 Å².